The molecule has 0 aliphatic rings. The molecule has 0 bridgehead atoms. The van der Waals surface area contributed by atoms with Crippen molar-refractivity contribution in [1.29, 1.82) is 0 Å². The zero-order valence-corrected chi connectivity index (χ0v) is 12.8. The van der Waals surface area contributed by atoms with Crippen molar-refractivity contribution in [2.75, 3.05) is 27.2 Å². The predicted octanol–water partition coefficient (Wildman–Crippen LogP) is 1.69. The molecular weight excluding hydrogens is 226 g/mol. The third-order valence-electron chi connectivity index (χ3n) is 3.33. The topological polar surface area (TPSA) is 49.6 Å². The first-order chi connectivity index (χ1) is 8.43. The van der Waals surface area contributed by atoms with Gasteiger partial charge in [0.15, 0.2) is 0 Å². The van der Waals surface area contributed by atoms with E-state index in [-0.39, 0.29) is 11.9 Å². The molecular formula is C14H31N3O. The highest BCUT2D eigenvalue weighted by Crippen LogP contribution is 2.12. The summed E-state index contributed by atoms with van der Waals surface area (Å²) in [6.07, 6.45) is 4.16. The zero-order valence-electron chi connectivity index (χ0n) is 12.8. The number of hydrogen-bond acceptors (Lipinski definition) is 3. The lowest BCUT2D eigenvalue weighted by Crippen LogP contribution is -2.47. The molecule has 0 saturated heterocycles. The number of nitrogens with zero attached hydrogens (tertiary/aromatic N) is 2. The number of rotatable bonds is 9. The summed E-state index contributed by atoms with van der Waals surface area (Å²) in [7, 11) is 3.60. The van der Waals surface area contributed by atoms with Gasteiger partial charge < -0.3 is 10.6 Å². The second kappa shape index (κ2) is 9.34. The van der Waals surface area contributed by atoms with Crippen LogP contribution in [-0.4, -0.2) is 55.0 Å². The van der Waals surface area contributed by atoms with Crippen LogP contribution in [0.4, 0.5) is 0 Å². The van der Waals surface area contributed by atoms with Crippen molar-refractivity contribution in [2.24, 2.45) is 5.73 Å². The lowest BCUT2D eigenvalue weighted by atomic mass is 10.1. The first-order valence-corrected chi connectivity index (χ1v) is 7.09. The van der Waals surface area contributed by atoms with Gasteiger partial charge in [0.05, 0.1) is 0 Å². The van der Waals surface area contributed by atoms with Crippen molar-refractivity contribution < 1.29 is 4.79 Å². The lowest BCUT2D eigenvalue weighted by molar-refractivity contribution is -0.130. The molecule has 0 aliphatic carbocycles. The van der Waals surface area contributed by atoms with Crippen LogP contribution in [0.3, 0.4) is 0 Å². The van der Waals surface area contributed by atoms with E-state index in [4.69, 9.17) is 5.73 Å². The Morgan fingerprint density at radius 1 is 1.22 bits per heavy atom. The Bertz CT molecular complexity index is 229. The Hall–Kier alpha value is -0.610. The number of amides is 1. The van der Waals surface area contributed by atoms with Crippen LogP contribution in [0.5, 0.6) is 0 Å². The molecule has 0 spiro atoms. The molecule has 0 heterocycles. The molecule has 1 atom stereocenters. The third kappa shape index (κ3) is 6.36. The molecule has 18 heavy (non-hydrogen) atoms. The van der Waals surface area contributed by atoms with E-state index in [1.54, 1.807) is 19.0 Å². The van der Waals surface area contributed by atoms with Gasteiger partial charge in [-0.15, -0.1) is 0 Å². The van der Waals surface area contributed by atoms with E-state index in [1.165, 1.54) is 19.3 Å². The molecule has 0 radical (unpaired) electrons. The van der Waals surface area contributed by atoms with Gasteiger partial charge in [0, 0.05) is 39.1 Å². The van der Waals surface area contributed by atoms with Crippen LogP contribution < -0.4 is 5.73 Å². The average molecular weight is 257 g/mol. The minimum Gasteiger partial charge on any atom is -0.349 e. The molecule has 0 rings (SSSR count). The van der Waals surface area contributed by atoms with Gasteiger partial charge in [-0.25, -0.2) is 0 Å². The average Bonchev–Trinajstić information content (AvgIpc) is 2.31. The fraction of sp³-hybridized carbons (Fsp3) is 0.929. The molecule has 108 valence electrons. The van der Waals surface area contributed by atoms with Gasteiger partial charge in [-0.05, 0) is 26.8 Å². The number of nitrogens with two attached hydrogens (primary N) is 1. The van der Waals surface area contributed by atoms with Crippen LogP contribution in [0.2, 0.25) is 0 Å². The van der Waals surface area contributed by atoms with Crippen molar-refractivity contribution in [1.82, 2.24) is 9.80 Å². The fourth-order valence-corrected chi connectivity index (χ4v) is 2.13. The van der Waals surface area contributed by atoms with Crippen molar-refractivity contribution in [3.63, 3.8) is 0 Å². The van der Waals surface area contributed by atoms with E-state index in [1.807, 2.05) is 0 Å². The van der Waals surface area contributed by atoms with Gasteiger partial charge in [0.25, 0.3) is 0 Å². The molecule has 0 aromatic heterocycles. The quantitative estimate of drug-likeness (QED) is 0.640. The summed E-state index contributed by atoms with van der Waals surface area (Å²) in [4.78, 5) is 15.8. The molecule has 1 amide bonds. The van der Waals surface area contributed by atoms with Crippen LogP contribution in [0.25, 0.3) is 0 Å². The largest absolute Gasteiger partial charge is 0.349 e. The Labute approximate surface area is 113 Å². The van der Waals surface area contributed by atoms with E-state index in [2.05, 4.69) is 25.7 Å². The molecule has 0 fully saturated rings. The van der Waals surface area contributed by atoms with Crippen LogP contribution in [0.15, 0.2) is 0 Å². The maximum Gasteiger partial charge on any atom is 0.223 e. The summed E-state index contributed by atoms with van der Waals surface area (Å²) in [5.41, 5.74) is 5.85. The van der Waals surface area contributed by atoms with E-state index in [0.717, 1.165) is 6.54 Å². The molecule has 2 N–H and O–H groups in total. The summed E-state index contributed by atoms with van der Waals surface area (Å²) >= 11 is 0. The summed E-state index contributed by atoms with van der Waals surface area (Å²) in [6, 6.07) is 0.599. The summed E-state index contributed by atoms with van der Waals surface area (Å²) < 4.78 is 0. The summed E-state index contributed by atoms with van der Waals surface area (Å²) in [5, 5.41) is 0. The molecule has 1 unspecified atom stereocenters. The highest BCUT2D eigenvalue weighted by Gasteiger charge is 2.22. The molecule has 0 saturated carbocycles. The SMILES string of the molecule is CCCCCN(C(C)C)C(CN)CC(=O)N(C)C. The van der Waals surface area contributed by atoms with Gasteiger partial charge in [-0.2, -0.15) is 0 Å². The Morgan fingerprint density at radius 2 is 1.83 bits per heavy atom. The number of hydrogen-bond donors (Lipinski definition) is 1. The monoisotopic (exact) mass is 257 g/mol. The van der Waals surface area contributed by atoms with E-state index in [9.17, 15) is 4.79 Å². The van der Waals surface area contributed by atoms with Crippen LogP contribution in [-0.2, 0) is 4.79 Å². The zero-order chi connectivity index (χ0) is 14.1. The molecule has 4 nitrogen and oxygen atoms in total. The standard InChI is InChI=1S/C14H31N3O/c1-6-7-8-9-17(12(2)3)13(11-15)10-14(18)16(4)5/h12-13H,6-11,15H2,1-5H3. The number of carbonyl (C=O) groups is 1. The Balaban J connectivity index is 4.46. The van der Waals surface area contributed by atoms with Gasteiger partial charge in [0.2, 0.25) is 5.91 Å². The van der Waals surface area contributed by atoms with Crippen molar-refractivity contribution >= 4 is 5.91 Å². The van der Waals surface area contributed by atoms with Crippen molar-refractivity contribution in [3.05, 3.63) is 0 Å². The second-order valence-electron chi connectivity index (χ2n) is 5.42. The van der Waals surface area contributed by atoms with Crippen LogP contribution in [0, 0.1) is 0 Å². The van der Waals surface area contributed by atoms with Gasteiger partial charge in [-0.1, -0.05) is 19.8 Å². The first kappa shape index (κ1) is 17.4. The molecule has 0 aromatic rings. The Morgan fingerprint density at radius 3 is 2.22 bits per heavy atom. The highest BCUT2D eigenvalue weighted by atomic mass is 16.2. The maximum atomic E-state index is 11.8. The van der Waals surface area contributed by atoms with E-state index in [0.29, 0.717) is 19.0 Å². The first-order valence-electron chi connectivity index (χ1n) is 7.09. The molecule has 0 aromatic carbocycles. The summed E-state index contributed by atoms with van der Waals surface area (Å²) in [6.45, 7) is 8.14. The summed E-state index contributed by atoms with van der Waals surface area (Å²) in [5.74, 6) is 0.159. The van der Waals surface area contributed by atoms with Gasteiger partial charge in [0.1, 0.15) is 0 Å². The van der Waals surface area contributed by atoms with Crippen molar-refractivity contribution in [2.45, 2.75) is 58.5 Å². The molecule has 0 aliphatic heterocycles. The second-order valence-corrected chi connectivity index (χ2v) is 5.42. The smallest absolute Gasteiger partial charge is 0.223 e. The normalized spacial score (nSPS) is 13.1. The van der Waals surface area contributed by atoms with Crippen molar-refractivity contribution in [3.8, 4) is 0 Å². The number of unbranched alkanes of at least 4 members (excludes halogenated alkanes) is 2. The fourth-order valence-electron chi connectivity index (χ4n) is 2.13. The van der Waals surface area contributed by atoms with Crippen LogP contribution in [0.1, 0.15) is 46.5 Å². The van der Waals surface area contributed by atoms with Gasteiger partial charge in [-0.3, -0.25) is 9.69 Å². The third-order valence-corrected chi connectivity index (χ3v) is 3.33. The number of carbonyl (C=O) groups excluding carboxylic acids is 1. The molecule has 4 heteroatoms. The lowest BCUT2D eigenvalue weighted by Gasteiger charge is -2.34. The van der Waals surface area contributed by atoms with Crippen LogP contribution >= 0.6 is 0 Å². The minimum atomic E-state index is 0.159. The minimum absolute atomic E-state index is 0.159. The maximum absolute atomic E-state index is 11.8. The van der Waals surface area contributed by atoms with E-state index >= 15 is 0 Å². The Kier molecular flexibility index (Phi) is 9.02. The predicted molar refractivity (Wildman–Crippen MR) is 77.5 cm³/mol. The van der Waals surface area contributed by atoms with E-state index < -0.39 is 0 Å². The highest BCUT2D eigenvalue weighted by molar-refractivity contribution is 5.76. The van der Waals surface area contributed by atoms with Gasteiger partial charge >= 0.3 is 0 Å².